The zero-order chi connectivity index (χ0) is 19.1. The largest absolute Gasteiger partial charge is 0.378 e. The fraction of sp³-hybridized carbons (Fsp3) is 0.619. The van der Waals surface area contributed by atoms with Crippen LogP contribution in [0.15, 0.2) is 18.2 Å². The van der Waals surface area contributed by atoms with Crippen molar-refractivity contribution in [3.05, 3.63) is 23.8 Å². The Morgan fingerprint density at radius 2 is 1.85 bits per heavy atom. The smallest absolute Gasteiger partial charge is 0.319 e. The zero-order valence-corrected chi connectivity index (χ0v) is 16.2. The zero-order valence-electron chi connectivity index (χ0n) is 16.2. The quantitative estimate of drug-likeness (QED) is 0.597. The molecule has 0 spiro atoms. The summed E-state index contributed by atoms with van der Waals surface area (Å²) in [7, 11) is 0. The van der Waals surface area contributed by atoms with E-state index in [0.717, 1.165) is 24.8 Å². The summed E-state index contributed by atoms with van der Waals surface area (Å²) in [4.78, 5) is 24.0. The van der Waals surface area contributed by atoms with Gasteiger partial charge < -0.3 is 20.7 Å². The molecule has 0 aromatic heterocycles. The summed E-state index contributed by atoms with van der Waals surface area (Å²) in [6, 6.07) is 5.33. The molecule has 0 bridgehead atoms. The van der Waals surface area contributed by atoms with Crippen LogP contribution in [-0.2, 0) is 9.53 Å². The number of anilines is 2. The first-order chi connectivity index (χ1) is 13.1. The Balaban J connectivity index is 1.37. The molecule has 3 amide bonds. The van der Waals surface area contributed by atoms with E-state index in [1.807, 2.05) is 19.1 Å². The van der Waals surface area contributed by atoms with Gasteiger partial charge in [0.05, 0.1) is 6.10 Å². The molecule has 6 nitrogen and oxygen atoms in total. The number of hydrogen-bond acceptors (Lipinski definition) is 3. The molecule has 0 heterocycles. The summed E-state index contributed by atoms with van der Waals surface area (Å²) in [5.41, 5.74) is 2.38. The van der Waals surface area contributed by atoms with Crippen LogP contribution in [-0.4, -0.2) is 31.2 Å². The minimum Gasteiger partial charge on any atom is -0.378 e. The molecule has 0 atom stereocenters. The van der Waals surface area contributed by atoms with Gasteiger partial charge in [-0.1, -0.05) is 25.3 Å². The molecule has 2 aliphatic rings. The van der Waals surface area contributed by atoms with Crippen molar-refractivity contribution in [2.45, 2.75) is 64.4 Å². The van der Waals surface area contributed by atoms with Crippen molar-refractivity contribution in [2.24, 2.45) is 5.92 Å². The Kier molecular flexibility index (Phi) is 7.10. The Morgan fingerprint density at radius 3 is 2.59 bits per heavy atom. The van der Waals surface area contributed by atoms with Crippen molar-refractivity contribution in [1.82, 2.24) is 5.32 Å². The van der Waals surface area contributed by atoms with Crippen molar-refractivity contribution in [3.8, 4) is 0 Å². The summed E-state index contributed by atoms with van der Waals surface area (Å²) in [6.45, 7) is 3.20. The van der Waals surface area contributed by atoms with Gasteiger partial charge in [0.15, 0.2) is 0 Å². The van der Waals surface area contributed by atoms with Crippen LogP contribution in [0.3, 0.4) is 0 Å². The normalized spacial score (nSPS) is 17.4. The summed E-state index contributed by atoms with van der Waals surface area (Å²) in [6.07, 6.45) is 9.35. The molecule has 0 saturated heterocycles. The number of rotatable bonds is 8. The molecule has 6 heteroatoms. The molecule has 2 fully saturated rings. The average Bonchev–Trinajstić information content (AvgIpc) is 3.50. The van der Waals surface area contributed by atoms with Gasteiger partial charge in [0.25, 0.3) is 0 Å². The maximum atomic E-state index is 12.1. The highest BCUT2D eigenvalue weighted by Gasteiger charge is 2.29. The number of ether oxygens (including phenoxy) is 1. The predicted molar refractivity (Wildman–Crippen MR) is 107 cm³/mol. The lowest BCUT2D eigenvalue weighted by molar-refractivity contribution is -0.117. The number of carbonyl (C=O) groups excluding carboxylic acids is 2. The molecule has 1 aromatic carbocycles. The van der Waals surface area contributed by atoms with Crippen LogP contribution in [0, 0.1) is 12.8 Å². The lowest BCUT2D eigenvalue weighted by Gasteiger charge is -2.21. The second-order valence-electron chi connectivity index (χ2n) is 7.66. The van der Waals surface area contributed by atoms with Gasteiger partial charge >= 0.3 is 6.03 Å². The molecule has 3 N–H and O–H groups in total. The minimum absolute atomic E-state index is 0.0622. The van der Waals surface area contributed by atoms with Crippen LogP contribution >= 0.6 is 0 Å². The Morgan fingerprint density at radius 1 is 1.07 bits per heavy atom. The van der Waals surface area contributed by atoms with Gasteiger partial charge in [-0.25, -0.2) is 4.79 Å². The van der Waals surface area contributed by atoms with Crippen LogP contribution < -0.4 is 16.0 Å². The number of amides is 3. The Hall–Kier alpha value is -2.08. The summed E-state index contributed by atoms with van der Waals surface area (Å²) in [5.74, 6) is 0.217. The number of carbonyl (C=O) groups is 2. The SMILES string of the molecule is Cc1ccc(NC(=O)C2CC2)cc1NC(=O)NCCCOC1CCCCC1. The van der Waals surface area contributed by atoms with Gasteiger partial charge in [0.2, 0.25) is 5.91 Å². The van der Waals surface area contributed by atoms with Crippen molar-refractivity contribution >= 4 is 23.3 Å². The molecule has 0 aliphatic heterocycles. The first-order valence-corrected chi connectivity index (χ1v) is 10.2. The molecule has 0 unspecified atom stereocenters. The molecule has 3 rings (SSSR count). The predicted octanol–water partition coefficient (Wildman–Crippen LogP) is 4.20. The number of urea groups is 1. The van der Waals surface area contributed by atoms with Gasteiger partial charge in [-0.2, -0.15) is 0 Å². The summed E-state index contributed by atoms with van der Waals surface area (Å²) in [5, 5.41) is 8.64. The van der Waals surface area contributed by atoms with Gasteiger partial charge in [0.1, 0.15) is 0 Å². The van der Waals surface area contributed by atoms with Gasteiger partial charge in [0, 0.05) is 30.4 Å². The Labute approximate surface area is 161 Å². The fourth-order valence-electron chi connectivity index (χ4n) is 3.35. The van der Waals surface area contributed by atoms with Crippen molar-refractivity contribution in [2.75, 3.05) is 23.8 Å². The summed E-state index contributed by atoms with van der Waals surface area (Å²) < 4.78 is 5.87. The van der Waals surface area contributed by atoms with Crippen LogP contribution in [0.2, 0.25) is 0 Å². The van der Waals surface area contributed by atoms with E-state index in [0.29, 0.717) is 30.6 Å². The van der Waals surface area contributed by atoms with E-state index in [2.05, 4.69) is 16.0 Å². The molecular weight excluding hydrogens is 342 g/mol. The first-order valence-electron chi connectivity index (χ1n) is 10.2. The molecule has 2 aliphatic carbocycles. The van der Waals surface area contributed by atoms with Gasteiger partial charge in [-0.15, -0.1) is 0 Å². The van der Waals surface area contributed by atoms with Crippen LogP contribution in [0.5, 0.6) is 0 Å². The van der Waals surface area contributed by atoms with Crippen molar-refractivity contribution < 1.29 is 14.3 Å². The van der Waals surface area contributed by atoms with E-state index >= 15 is 0 Å². The second-order valence-corrected chi connectivity index (χ2v) is 7.66. The van der Waals surface area contributed by atoms with Crippen molar-refractivity contribution in [1.29, 1.82) is 0 Å². The van der Waals surface area contributed by atoms with E-state index in [1.165, 1.54) is 32.1 Å². The Bertz CT molecular complexity index is 652. The maximum Gasteiger partial charge on any atom is 0.319 e. The van der Waals surface area contributed by atoms with E-state index in [9.17, 15) is 9.59 Å². The number of aryl methyl sites for hydroxylation is 1. The van der Waals surface area contributed by atoms with E-state index in [-0.39, 0.29) is 17.9 Å². The molecule has 0 radical (unpaired) electrons. The monoisotopic (exact) mass is 373 g/mol. The highest BCUT2D eigenvalue weighted by atomic mass is 16.5. The van der Waals surface area contributed by atoms with E-state index in [1.54, 1.807) is 6.07 Å². The molecular formula is C21H31N3O3. The standard InChI is InChI=1S/C21H31N3O3/c1-15-8-11-17(23-20(25)16-9-10-16)14-19(15)24-21(26)22-12-5-13-27-18-6-3-2-4-7-18/h8,11,14,16,18H,2-7,9-10,12-13H2,1H3,(H,23,25)(H2,22,24,26). The third kappa shape index (κ3) is 6.54. The van der Waals surface area contributed by atoms with E-state index < -0.39 is 0 Å². The maximum absolute atomic E-state index is 12.1. The van der Waals surface area contributed by atoms with Crippen LogP contribution in [0.1, 0.15) is 56.9 Å². The topological polar surface area (TPSA) is 79.5 Å². The van der Waals surface area contributed by atoms with Crippen molar-refractivity contribution in [3.63, 3.8) is 0 Å². The molecule has 1 aromatic rings. The highest BCUT2D eigenvalue weighted by molar-refractivity contribution is 5.96. The average molecular weight is 373 g/mol. The number of benzene rings is 1. The number of hydrogen-bond donors (Lipinski definition) is 3. The minimum atomic E-state index is -0.235. The molecule has 27 heavy (non-hydrogen) atoms. The third-order valence-electron chi connectivity index (χ3n) is 5.21. The molecule has 2 saturated carbocycles. The van der Waals surface area contributed by atoms with Gasteiger partial charge in [-0.3, -0.25) is 4.79 Å². The lowest BCUT2D eigenvalue weighted by atomic mass is 9.98. The summed E-state index contributed by atoms with van der Waals surface area (Å²) >= 11 is 0. The number of nitrogens with one attached hydrogen (secondary N) is 3. The van der Waals surface area contributed by atoms with Gasteiger partial charge in [-0.05, 0) is 56.7 Å². The third-order valence-corrected chi connectivity index (χ3v) is 5.21. The highest BCUT2D eigenvalue weighted by Crippen LogP contribution is 2.30. The van der Waals surface area contributed by atoms with Crippen LogP contribution in [0.25, 0.3) is 0 Å². The second kappa shape index (κ2) is 9.74. The molecule has 148 valence electrons. The van der Waals surface area contributed by atoms with Crippen LogP contribution in [0.4, 0.5) is 16.2 Å². The van der Waals surface area contributed by atoms with E-state index in [4.69, 9.17) is 4.74 Å². The first kappa shape index (κ1) is 19.7. The lowest BCUT2D eigenvalue weighted by Crippen LogP contribution is -2.30. The fourth-order valence-corrected chi connectivity index (χ4v) is 3.35.